The third-order valence-electron chi connectivity index (χ3n) is 4.79. The topological polar surface area (TPSA) is 61.9 Å². The molecule has 0 aliphatic carbocycles. The van der Waals surface area contributed by atoms with Crippen LogP contribution in [0.1, 0.15) is 16.8 Å². The predicted molar refractivity (Wildman–Crippen MR) is 110 cm³/mol. The SMILES string of the molecule is CN1CCN(CC(=O)c2ccc(NC(=O)CCOc3ccccc3)cc2)CC1. The molecule has 0 spiro atoms. The van der Waals surface area contributed by atoms with Crippen LogP contribution in [0.5, 0.6) is 5.75 Å². The molecule has 2 aromatic carbocycles. The van der Waals surface area contributed by atoms with Crippen molar-refractivity contribution in [3.63, 3.8) is 0 Å². The molecular weight excluding hydrogens is 354 g/mol. The average Bonchev–Trinajstić information content (AvgIpc) is 2.71. The molecule has 6 nitrogen and oxygen atoms in total. The summed E-state index contributed by atoms with van der Waals surface area (Å²) in [6.07, 6.45) is 0.263. The number of rotatable bonds is 8. The van der Waals surface area contributed by atoms with Crippen LogP contribution in [0.4, 0.5) is 5.69 Å². The smallest absolute Gasteiger partial charge is 0.227 e. The molecule has 0 atom stereocenters. The molecule has 2 aromatic rings. The van der Waals surface area contributed by atoms with E-state index in [0.29, 0.717) is 24.4 Å². The maximum atomic E-state index is 12.4. The van der Waals surface area contributed by atoms with Crippen LogP contribution in [0.2, 0.25) is 0 Å². The number of nitrogens with zero attached hydrogens (tertiary/aromatic N) is 2. The Morgan fingerprint density at radius 3 is 2.32 bits per heavy atom. The second kappa shape index (κ2) is 10.0. The fourth-order valence-electron chi connectivity index (χ4n) is 3.04. The molecule has 1 fully saturated rings. The number of likely N-dealkylation sites (N-methyl/N-ethyl adjacent to an activating group) is 1. The standard InChI is InChI=1S/C22H27N3O3/c1-24-12-14-25(15-13-24)17-21(26)18-7-9-19(10-8-18)23-22(27)11-16-28-20-5-3-2-4-6-20/h2-10H,11-17H2,1H3,(H,23,27). The third kappa shape index (κ3) is 6.18. The average molecular weight is 381 g/mol. The molecule has 1 heterocycles. The minimum absolute atomic E-state index is 0.110. The van der Waals surface area contributed by atoms with E-state index in [0.717, 1.165) is 31.9 Å². The van der Waals surface area contributed by atoms with Gasteiger partial charge in [0.05, 0.1) is 19.6 Å². The van der Waals surface area contributed by atoms with Crippen molar-refractivity contribution in [3.8, 4) is 5.75 Å². The highest BCUT2D eigenvalue weighted by Gasteiger charge is 2.17. The van der Waals surface area contributed by atoms with Gasteiger partial charge in [-0.15, -0.1) is 0 Å². The highest BCUT2D eigenvalue weighted by atomic mass is 16.5. The first kappa shape index (κ1) is 20.0. The van der Waals surface area contributed by atoms with Gasteiger partial charge in [-0.05, 0) is 43.4 Å². The van der Waals surface area contributed by atoms with Crippen molar-refractivity contribution >= 4 is 17.4 Å². The number of nitrogens with one attached hydrogen (secondary N) is 1. The van der Waals surface area contributed by atoms with E-state index in [-0.39, 0.29) is 18.1 Å². The number of carbonyl (C=O) groups excluding carboxylic acids is 2. The van der Waals surface area contributed by atoms with Gasteiger partial charge in [0.1, 0.15) is 5.75 Å². The van der Waals surface area contributed by atoms with Gasteiger partial charge < -0.3 is 15.0 Å². The number of carbonyl (C=O) groups is 2. The zero-order chi connectivity index (χ0) is 19.8. The van der Waals surface area contributed by atoms with Crippen LogP contribution in [0, 0.1) is 0 Å². The second-order valence-electron chi connectivity index (χ2n) is 7.04. The zero-order valence-corrected chi connectivity index (χ0v) is 16.3. The lowest BCUT2D eigenvalue weighted by atomic mass is 10.1. The van der Waals surface area contributed by atoms with Crippen molar-refractivity contribution in [2.24, 2.45) is 0 Å². The normalized spacial score (nSPS) is 15.2. The summed E-state index contributed by atoms with van der Waals surface area (Å²) in [4.78, 5) is 28.9. The number of Topliss-reactive ketones (excluding diaryl/α,β-unsaturated/α-hetero) is 1. The molecule has 3 rings (SSSR count). The number of hydrogen-bond donors (Lipinski definition) is 1. The van der Waals surface area contributed by atoms with Crippen LogP contribution in [0.25, 0.3) is 0 Å². The summed E-state index contributed by atoms with van der Waals surface area (Å²) in [7, 11) is 2.10. The maximum absolute atomic E-state index is 12.4. The van der Waals surface area contributed by atoms with Gasteiger partial charge in [-0.2, -0.15) is 0 Å². The summed E-state index contributed by atoms with van der Waals surface area (Å²) in [6, 6.07) is 16.5. The number of anilines is 1. The fraction of sp³-hybridized carbons (Fsp3) is 0.364. The molecule has 1 amide bonds. The molecule has 6 heteroatoms. The molecular formula is C22H27N3O3. The predicted octanol–water partition coefficient (Wildman–Crippen LogP) is 2.52. The van der Waals surface area contributed by atoms with Crippen LogP contribution >= 0.6 is 0 Å². The molecule has 0 unspecified atom stereocenters. The van der Waals surface area contributed by atoms with E-state index in [1.54, 1.807) is 24.3 Å². The lowest BCUT2D eigenvalue weighted by Crippen LogP contribution is -2.46. The molecule has 0 aromatic heterocycles. The number of ether oxygens (including phenoxy) is 1. The number of hydrogen-bond acceptors (Lipinski definition) is 5. The van der Waals surface area contributed by atoms with Gasteiger partial charge in [-0.3, -0.25) is 14.5 Å². The van der Waals surface area contributed by atoms with E-state index in [4.69, 9.17) is 4.74 Å². The van der Waals surface area contributed by atoms with Crippen LogP contribution in [0.15, 0.2) is 54.6 Å². The van der Waals surface area contributed by atoms with E-state index in [1.165, 1.54) is 0 Å². The Balaban J connectivity index is 1.42. The minimum atomic E-state index is -0.118. The molecule has 1 aliphatic heterocycles. The van der Waals surface area contributed by atoms with Gasteiger partial charge in [-0.25, -0.2) is 0 Å². The monoisotopic (exact) mass is 381 g/mol. The summed E-state index contributed by atoms with van der Waals surface area (Å²) < 4.78 is 5.53. The minimum Gasteiger partial charge on any atom is -0.493 e. The Bertz CT molecular complexity index is 769. The summed E-state index contributed by atoms with van der Waals surface area (Å²) in [5.41, 5.74) is 1.35. The molecule has 1 N–H and O–H groups in total. The Hall–Kier alpha value is -2.70. The highest BCUT2D eigenvalue weighted by Crippen LogP contribution is 2.12. The van der Waals surface area contributed by atoms with Crippen LogP contribution < -0.4 is 10.1 Å². The lowest BCUT2D eigenvalue weighted by molar-refractivity contribution is -0.116. The van der Waals surface area contributed by atoms with E-state index in [2.05, 4.69) is 22.2 Å². The largest absolute Gasteiger partial charge is 0.493 e. The van der Waals surface area contributed by atoms with E-state index < -0.39 is 0 Å². The summed E-state index contributed by atoms with van der Waals surface area (Å²) in [6.45, 7) is 4.58. The number of para-hydroxylation sites is 1. The van der Waals surface area contributed by atoms with Crippen LogP contribution in [-0.4, -0.2) is 67.9 Å². The van der Waals surface area contributed by atoms with Gasteiger partial charge in [0.2, 0.25) is 5.91 Å². The second-order valence-corrected chi connectivity index (χ2v) is 7.04. The van der Waals surface area contributed by atoms with Crippen molar-refractivity contribution in [2.45, 2.75) is 6.42 Å². The summed E-state index contributed by atoms with van der Waals surface area (Å²) in [5, 5.41) is 2.83. The Kier molecular flexibility index (Phi) is 7.17. The van der Waals surface area contributed by atoms with E-state index >= 15 is 0 Å². The van der Waals surface area contributed by atoms with Crippen LogP contribution in [0.3, 0.4) is 0 Å². The van der Waals surface area contributed by atoms with E-state index in [1.807, 2.05) is 30.3 Å². The van der Waals surface area contributed by atoms with Crippen LogP contribution in [-0.2, 0) is 4.79 Å². The molecule has 0 radical (unpaired) electrons. The van der Waals surface area contributed by atoms with Crippen molar-refractivity contribution < 1.29 is 14.3 Å². The number of amides is 1. The van der Waals surface area contributed by atoms with Gasteiger partial charge in [0, 0.05) is 37.4 Å². The molecule has 1 saturated heterocycles. The quantitative estimate of drug-likeness (QED) is 0.712. The van der Waals surface area contributed by atoms with Crippen molar-refractivity contribution in [1.29, 1.82) is 0 Å². The summed E-state index contributed by atoms with van der Waals surface area (Å²) >= 11 is 0. The molecule has 28 heavy (non-hydrogen) atoms. The van der Waals surface area contributed by atoms with Gasteiger partial charge >= 0.3 is 0 Å². The first-order valence-corrected chi connectivity index (χ1v) is 9.62. The van der Waals surface area contributed by atoms with E-state index in [9.17, 15) is 9.59 Å². The Morgan fingerprint density at radius 1 is 0.964 bits per heavy atom. The third-order valence-corrected chi connectivity index (χ3v) is 4.79. The van der Waals surface area contributed by atoms with Gasteiger partial charge in [0.25, 0.3) is 0 Å². The van der Waals surface area contributed by atoms with Gasteiger partial charge in [0.15, 0.2) is 5.78 Å². The number of benzene rings is 2. The summed E-state index contributed by atoms with van der Waals surface area (Å²) in [5.74, 6) is 0.740. The molecule has 0 bridgehead atoms. The van der Waals surface area contributed by atoms with Crippen molar-refractivity contribution in [3.05, 3.63) is 60.2 Å². The fourth-order valence-corrected chi connectivity index (χ4v) is 3.04. The maximum Gasteiger partial charge on any atom is 0.227 e. The first-order valence-electron chi connectivity index (χ1n) is 9.62. The van der Waals surface area contributed by atoms with Crippen molar-refractivity contribution in [2.75, 3.05) is 51.7 Å². The zero-order valence-electron chi connectivity index (χ0n) is 16.3. The molecule has 0 saturated carbocycles. The number of piperazine rings is 1. The van der Waals surface area contributed by atoms with Gasteiger partial charge in [-0.1, -0.05) is 18.2 Å². The van der Waals surface area contributed by atoms with Crippen molar-refractivity contribution in [1.82, 2.24) is 9.80 Å². The molecule has 148 valence electrons. The lowest BCUT2D eigenvalue weighted by Gasteiger charge is -2.31. The first-order chi connectivity index (χ1) is 13.6. The number of ketones is 1. The highest BCUT2D eigenvalue weighted by molar-refractivity contribution is 5.98. The Labute approximate surface area is 166 Å². The Morgan fingerprint density at radius 2 is 1.64 bits per heavy atom. The molecule has 1 aliphatic rings.